The summed E-state index contributed by atoms with van der Waals surface area (Å²) in [7, 11) is 0. The van der Waals surface area contributed by atoms with E-state index < -0.39 is 23.9 Å². The van der Waals surface area contributed by atoms with Crippen molar-refractivity contribution in [3.8, 4) is 5.69 Å². The molecule has 9 heteroatoms. The molecule has 1 saturated heterocycles. The molecule has 0 radical (unpaired) electrons. The number of nitrogens with one attached hydrogen (secondary N) is 1. The van der Waals surface area contributed by atoms with Gasteiger partial charge in [0.15, 0.2) is 0 Å². The molecule has 0 bridgehead atoms. The number of hydrogen-bond donors (Lipinski definition) is 1. The summed E-state index contributed by atoms with van der Waals surface area (Å²) in [6, 6.07) is 18.7. The molecule has 3 aromatic carbocycles. The molecule has 1 N–H and O–H groups in total. The third-order valence-corrected chi connectivity index (χ3v) is 6.08. The maximum Gasteiger partial charge on any atom is 0.321 e. The van der Waals surface area contributed by atoms with Crippen molar-refractivity contribution in [3.05, 3.63) is 90.4 Å². The topological polar surface area (TPSA) is 67.2 Å². The van der Waals surface area contributed by atoms with Gasteiger partial charge in [0.25, 0.3) is 5.91 Å². The molecule has 1 fully saturated rings. The van der Waals surface area contributed by atoms with Gasteiger partial charge in [0.05, 0.1) is 29.5 Å². The monoisotopic (exact) mass is 478 g/mol. The van der Waals surface area contributed by atoms with Gasteiger partial charge in [0.1, 0.15) is 5.82 Å². The molecule has 0 saturated carbocycles. The van der Waals surface area contributed by atoms with Gasteiger partial charge in [-0.3, -0.25) is 9.59 Å². The number of nitrogens with zero attached hydrogens (tertiary/aromatic N) is 3. The van der Waals surface area contributed by atoms with Gasteiger partial charge in [-0.2, -0.15) is 13.9 Å². The Morgan fingerprint density at radius 1 is 1.03 bits per heavy atom. The van der Waals surface area contributed by atoms with E-state index in [2.05, 4.69) is 10.4 Å². The normalized spacial score (nSPS) is 18.3. The van der Waals surface area contributed by atoms with E-state index in [0.717, 1.165) is 10.9 Å². The highest BCUT2D eigenvalue weighted by Crippen LogP contribution is 2.39. The first-order valence-electron chi connectivity index (χ1n) is 11.0. The van der Waals surface area contributed by atoms with E-state index in [9.17, 15) is 22.8 Å². The molecule has 1 aromatic heterocycles. The molecule has 4 aromatic rings. The Kier molecular flexibility index (Phi) is 5.55. The van der Waals surface area contributed by atoms with Crippen LogP contribution in [0.4, 0.5) is 18.9 Å². The zero-order valence-electron chi connectivity index (χ0n) is 18.7. The fraction of sp³-hybridized carbons (Fsp3) is 0.192. The van der Waals surface area contributed by atoms with Gasteiger partial charge >= 0.3 is 5.92 Å². The van der Waals surface area contributed by atoms with Crippen LogP contribution in [0.1, 0.15) is 24.9 Å². The molecule has 1 aliphatic rings. The van der Waals surface area contributed by atoms with Gasteiger partial charge < -0.3 is 10.2 Å². The summed E-state index contributed by atoms with van der Waals surface area (Å²) in [6.45, 7) is 0.529. The van der Waals surface area contributed by atoms with Crippen molar-refractivity contribution in [1.82, 2.24) is 15.1 Å². The van der Waals surface area contributed by atoms with Crippen molar-refractivity contribution in [2.24, 2.45) is 0 Å². The van der Waals surface area contributed by atoms with Crippen LogP contribution in [0, 0.1) is 5.82 Å². The van der Waals surface area contributed by atoms with E-state index >= 15 is 0 Å². The van der Waals surface area contributed by atoms with Crippen LogP contribution in [-0.2, 0) is 9.59 Å². The Hall–Kier alpha value is -4.14. The molecule has 2 amide bonds. The number of anilines is 1. The summed E-state index contributed by atoms with van der Waals surface area (Å²) < 4.78 is 42.2. The number of rotatable bonds is 5. The first kappa shape index (κ1) is 22.6. The van der Waals surface area contributed by atoms with Gasteiger partial charge in [0.2, 0.25) is 5.91 Å². The fourth-order valence-corrected chi connectivity index (χ4v) is 4.45. The predicted molar refractivity (Wildman–Crippen MR) is 125 cm³/mol. The third kappa shape index (κ3) is 4.25. The van der Waals surface area contributed by atoms with E-state index in [1.807, 2.05) is 6.07 Å². The lowest BCUT2D eigenvalue weighted by molar-refractivity contribution is -0.143. The molecular weight excluding hydrogens is 457 g/mol. The standard InChI is InChI=1S/C26H21F3N4O2/c1-26(28,29)25(35)31-21-14-23(34)32(24(21)16-5-3-2-4-6-16)20-11-12-22-17(13-20)15-30-33(22)19-9-7-18(27)8-10-19/h2-13,15,21,24H,14H2,1H3,(H,31,35)/t21-,24+/m1/s1. The molecule has 35 heavy (non-hydrogen) atoms. The van der Waals surface area contributed by atoms with E-state index in [-0.39, 0.29) is 18.1 Å². The maximum absolute atomic E-state index is 13.6. The number of aromatic nitrogens is 2. The largest absolute Gasteiger partial charge is 0.345 e. The Morgan fingerprint density at radius 2 is 1.71 bits per heavy atom. The van der Waals surface area contributed by atoms with Crippen LogP contribution in [0.3, 0.4) is 0 Å². The first-order valence-corrected chi connectivity index (χ1v) is 11.0. The zero-order chi connectivity index (χ0) is 24.7. The highest BCUT2D eigenvalue weighted by Gasteiger charge is 2.45. The number of carbonyl (C=O) groups excluding carboxylic acids is 2. The molecule has 0 unspecified atom stereocenters. The molecule has 0 spiro atoms. The molecule has 1 aliphatic heterocycles. The maximum atomic E-state index is 13.6. The Labute approximate surface area is 199 Å². The van der Waals surface area contributed by atoms with Crippen LogP contribution in [0.2, 0.25) is 0 Å². The summed E-state index contributed by atoms with van der Waals surface area (Å²) in [6.07, 6.45) is 1.52. The first-order chi connectivity index (χ1) is 16.7. The second-order valence-electron chi connectivity index (χ2n) is 8.57. The molecule has 2 atom stereocenters. The smallest absolute Gasteiger partial charge is 0.321 e. The number of carbonyl (C=O) groups is 2. The minimum absolute atomic E-state index is 0.117. The number of hydrogen-bond acceptors (Lipinski definition) is 3. The minimum atomic E-state index is -3.56. The third-order valence-electron chi connectivity index (χ3n) is 6.08. The molecule has 5 rings (SSSR count). The SMILES string of the molecule is CC(F)(F)C(=O)N[C@@H]1CC(=O)N(c2ccc3c(cnn3-c3ccc(F)cc3)c2)[C@H]1c1ccccc1. The van der Waals surface area contributed by atoms with Crippen LogP contribution in [0.15, 0.2) is 79.0 Å². The van der Waals surface area contributed by atoms with Crippen LogP contribution >= 0.6 is 0 Å². The van der Waals surface area contributed by atoms with E-state index in [0.29, 0.717) is 23.9 Å². The lowest BCUT2D eigenvalue weighted by Gasteiger charge is -2.29. The summed E-state index contributed by atoms with van der Waals surface area (Å²) >= 11 is 0. The van der Waals surface area contributed by atoms with E-state index in [1.54, 1.807) is 65.5 Å². The summed E-state index contributed by atoms with van der Waals surface area (Å²) in [5.74, 6) is -5.64. The summed E-state index contributed by atoms with van der Waals surface area (Å²) in [4.78, 5) is 26.7. The Bertz CT molecular complexity index is 1400. The molecule has 6 nitrogen and oxygen atoms in total. The highest BCUT2D eigenvalue weighted by atomic mass is 19.3. The van der Waals surface area contributed by atoms with E-state index in [4.69, 9.17) is 0 Å². The average molecular weight is 478 g/mol. The van der Waals surface area contributed by atoms with Crippen LogP contribution in [0.5, 0.6) is 0 Å². The predicted octanol–water partition coefficient (Wildman–Crippen LogP) is 4.78. The molecular formula is C26H21F3N4O2. The second-order valence-corrected chi connectivity index (χ2v) is 8.57. The van der Waals surface area contributed by atoms with Crippen molar-refractivity contribution in [1.29, 1.82) is 0 Å². The van der Waals surface area contributed by atoms with Crippen molar-refractivity contribution in [2.75, 3.05) is 4.90 Å². The van der Waals surface area contributed by atoms with E-state index in [1.165, 1.54) is 17.0 Å². The Morgan fingerprint density at radius 3 is 2.40 bits per heavy atom. The van der Waals surface area contributed by atoms with Crippen LogP contribution < -0.4 is 10.2 Å². The van der Waals surface area contributed by atoms with Gasteiger partial charge in [0, 0.05) is 24.4 Å². The fourth-order valence-electron chi connectivity index (χ4n) is 4.45. The van der Waals surface area contributed by atoms with Gasteiger partial charge in [-0.15, -0.1) is 0 Å². The number of benzene rings is 3. The van der Waals surface area contributed by atoms with Crippen LogP contribution in [-0.4, -0.2) is 33.6 Å². The van der Waals surface area contributed by atoms with Crippen molar-refractivity contribution < 1.29 is 22.8 Å². The summed E-state index contributed by atoms with van der Waals surface area (Å²) in [5.41, 5.74) is 2.69. The van der Waals surface area contributed by atoms with Gasteiger partial charge in [-0.05, 0) is 48.0 Å². The number of halogens is 3. The lowest BCUT2D eigenvalue weighted by Crippen LogP contribution is -2.46. The minimum Gasteiger partial charge on any atom is -0.345 e. The number of fused-ring (bicyclic) bond motifs is 1. The summed E-state index contributed by atoms with van der Waals surface area (Å²) in [5, 5.41) is 7.49. The quantitative estimate of drug-likeness (QED) is 0.449. The van der Waals surface area contributed by atoms with Crippen molar-refractivity contribution >= 4 is 28.4 Å². The molecule has 2 heterocycles. The Balaban J connectivity index is 1.53. The highest BCUT2D eigenvalue weighted by molar-refractivity contribution is 6.00. The molecule has 178 valence electrons. The zero-order valence-corrected chi connectivity index (χ0v) is 18.7. The van der Waals surface area contributed by atoms with Crippen molar-refractivity contribution in [2.45, 2.75) is 31.4 Å². The number of alkyl halides is 2. The second kappa shape index (κ2) is 8.57. The number of amides is 2. The lowest BCUT2D eigenvalue weighted by atomic mass is 9.99. The van der Waals surface area contributed by atoms with Crippen LogP contribution in [0.25, 0.3) is 16.6 Å². The van der Waals surface area contributed by atoms with Gasteiger partial charge in [-0.1, -0.05) is 30.3 Å². The van der Waals surface area contributed by atoms with Crippen molar-refractivity contribution in [3.63, 3.8) is 0 Å². The van der Waals surface area contributed by atoms with Gasteiger partial charge in [-0.25, -0.2) is 9.07 Å². The average Bonchev–Trinajstić information content (AvgIpc) is 3.39. The molecule has 0 aliphatic carbocycles.